The van der Waals surface area contributed by atoms with Gasteiger partial charge in [0.1, 0.15) is 42.0 Å². The molecular weight excluding hydrogens is 855 g/mol. The van der Waals surface area contributed by atoms with Gasteiger partial charge in [-0.2, -0.15) is 0 Å². The third kappa shape index (κ3) is 18.3. The zero-order valence-corrected chi connectivity index (χ0v) is 37.8. The van der Waals surface area contributed by atoms with E-state index in [4.69, 9.17) is 28.7 Å². The van der Waals surface area contributed by atoms with Crippen LogP contribution in [0.1, 0.15) is 76.8 Å². The minimum atomic E-state index is -1.41. The van der Waals surface area contributed by atoms with E-state index in [1.54, 1.807) is 30.3 Å². The standard InChI is InChI=1S/C44H67N13O9/c1-25(2)22-32(54-37(60)31(13-8-20-51-44(48)49)53-40(63)35-14-9-21-57(35)41(64)26(3)45)38(61)52-30(12-7-19-50-43(46)47)36(59)55-33(23-27-10-5-4-6-11-27)39(62)56-34(42(65)66)24-28-15-17-29(58)18-16-28/h4-6,10-11,15-18,25-26,30-35,58H,7-9,12-14,19-24,45H2,1-3H3,(H,52,61)(H,53,63)(H,54,60)(H,55,59)(H,56,62)(H,65,66)(H4,46,47,50)(H4,48,49,51). The quantitative estimate of drug-likeness (QED) is 0.0281. The van der Waals surface area contributed by atoms with Crippen LogP contribution < -0.4 is 55.3 Å². The van der Waals surface area contributed by atoms with E-state index in [0.717, 1.165) is 0 Å². The molecule has 0 radical (unpaired) electrons. The molecule has 6 amide bonds. The van der Waals surface area contributed by atoms with Crippen LogP contribution in [-0.2, 0) is 46.4 Å². The molecule has 0 saturated carbocycles. The number of rotatable bonds is 26. The number of carbonyl (C=O) groups is 7. The molecule has 7 atom stereocenters. The first kappa shape index (κ1) is 53.4. The highest BCUT2D eigenvalue weighted by atomic mass is 16.4. The summed E-state index contributed by atoms with van der Waals surface area (Å²) in [6.07, 6.45) is 1.28. The van der Waals surface area contributed by atoms with Crippen molar-refractivity contribution < 1.29 is 43.8 Å². The third-order valence-electron chi connectivity index (χ3n) is 10.6. The number of amides is 6. The van der Waals surface area contributed by atoms with Gasteiger partial charge in [0.2, 0.25) is 35.4 Å². The van der Waals surface area contributed by atoms with Gasteiger partial charge in [-0.3, -0.25) is 38.8 Å². The van der Waals surface area contributed by atoms with Crippen molar-refractivity contribution in [1.82, 2.24) is 31.5 Å². The predicted molar refractivity (Wildman–Crippen MR) is 247 cm³/mol. The fourth-order valence-corrected chi connectivity index (χ4v) is 7.30. The van der Waals surface area contributed by atoms with Gasteiger partial charge >= 0.3 is 5.97 Å². The van der Waals surface area contributed by atoms with Gasteiger partial charge in [0.15, 0.2) is 11.9 Å². The molecule has 1 aliphatic heterocycles. The van der Waals surface area contributed by atoms with Gasteiger partial charge in [0, 0.05) is 32.5 Å². The normalized spacial score (nSPS) is 16.0. The predicted octanol–water partition coefficient (Wildman–Crippen LogP) is -1.82. The lowest BCUT2D eigenvalue weighted by Crippen LogP contribution is -2.60. The molecule has 2 aromatic rings. The maximum Gasteiger partial charge on any atom is 0.326 e. The number of likely N-dealkylation sites (tertiary alicyclic amines) is 1. The fraction of sp³-hybridized carbons (Fsp3) is 0.523. The van der Waals surface area contributed by atoms with Crippen molar-refractivity contribution >= 4 is 53.3 Å². The van der Waals surface area contributed by atoms with E-state index in [0.29, 0.717) is 30.5 Å². The lowest BCUT2D eigenvalue weighted by atomic mass is 10.00. The Balaban J connectivity index is 1.90. The summed E-state index contributed by atoms with van der Waals surface area (Å²) in [5.41, 5.74) is 29.0. The van der Waals surface area contributed by atoms with Gasteiger partial charge in [-0.15, -0.1) is 0 Å². The summed E-state index contributed by atoms with van der Waals surface area (Å²) in [5, 5.41) is 33.2. The number of nitrogens with two attached hydrogens (primary N) is 5. The topological polar surface area (TPSA) is 378 Å². The second-order valence-electron chi connectivity index (χ2n) is 16.7. The number of hydrogen-bond donors (Lipinski definition) is 12. The average Bonchev–Trinajstić information content (AvgIpc) is 3.75. The van der Waals surface area contributed by atoms with Crippen LogP contribution in [0.2, 0.25) is 0 Å². The Morgan fingerprint density at radius 2 is 1.14 bits per heavy atom. The van der Waals surface area contributed by atoms with Gasteiger partial charge < -0.3 is 70.4 Å². The molecule has 17 N–H and O–H groups in total. The molecule has 7 unspecified atom stereocenters. The number of carboxylic acid groups (broad SMARTS) is 1. The Bertz CT molecular complexity index is 2010. The van der Waals surface area contributed by atoms with Crippen molar-refractivity contribution in [1.29, 1.82) is 0 Å². The van der Waals surface area contributed by atoms with Gasteiger partial charge in [0.25, 0.3) is 0 Å². The van der Waals surface area contributed by atoms with Crippen LogP contribution in [0.5, 0.6) is 5.75 Å². The molecule has 0 bridgehead atoms. The summed E-state index contributed by atoms with van der Waals surface area (Å²) in [7, 11) is 0. The average molecular weight is 922 g/mol. The first-order valence-corrected chi connectivity index (χ1v) is 22.0. The lowest BCUT2D eigenvalue weighted by Gasteiger charge is -2.29. The van der Waals surface area contributed by atoms with E-state index in [1.165, 1.54) is 36.1 Å². The summed E-state index contributed by atoms with van der Waals surface area (Å²) in [6, 6.07) is 6.32. The summed E-state index contributed by atoms with van der Waals surface area (Å²) in [5.74, 6) is -5.94. The van der Waals surface area contributed by atoms with Crippen LogP contribution >= 0.6 is 0 Å². The number of nitrogens with zero attached hydrogens (tertiary/aromatic N) is 3. The van der Waals surface area contributed by atoms with Crippen LogP contribution in [-0.4, -0.2) is 130 Å². The Morgan fingerprint density at radius 1 is 0.667 bits per heavy atom. The highest BCUT2D eigenvalue weighted by Crippen LogP contribution is 2.19. The van der Waals surface area contributed by atoms with Crippen molar-refractivity contribution in [3.05, 3.63) is 65.7 Å². The van der Waals surface area contributed by atoms with Crippen molar-refractivity contribution in [3.8, 4) is 5.75 Å². The second kappa shape index (κ2) is 26.7. The highest BCUT2D eigenvalue weighted by molar-refractivity contribution is 5.97. The summed E-state index contributed by atoms with van der Waals surface area (Å²) < 4.78 is 0. The van der Waals surface area contributed by atoms with E-state index >= 15 is 0 Å². The summed E-state index contributed by atoms with van der Waals surface area (Å²) in [4.78, 5) is 105. The number of carboxylic acids is 1. The number of carbonyl (C=O) groups excluding carboxylic acids is 6. The van der Waals surface area contributed by atoms with Gasteiger partial charge in [-0.25, -0.2) is 4.79 Å². The zero-order chi connectivity index (χ0) is 48.9. The van der Waals surface area contributed by atoms with Crippen LogP contribution in [0.3, 0.4) is 0 Å². The smallest absolute Gasteiger partial charge is 0.326 e. The number of aromatic hydroxyl groups is 1. The van der Waals surface area contributed by atoms with E-state index in [9.17, 15) is 43.8 Å². The number of phenolic OH excluding ortho intramolecular Hbond substituents is 1. The van der Waals surface area contributed by atoms with Crippen molar-refractivity contribution in [2.24, 2.45) is 44.6 Å². The molecule has 22 nitrogen and oxygen atoms in total. The molecule has 3 rings (SSSR count). The number of hydrogen-bond acceptors (Lipinski definition) is 11. The summed E-state index contributed by atoms with van der Waals surface area (Å²) in [6.45, 7) is 5.69. The summed E-state index contributed by atoms with van der Waals surface area (Å²) >= 11 is 0. The van der Waals surface area contributed by atoms with Crippen molar-refractivity contribution in [3.63, 3.8) is 0 Å². The molecule has 1 heterocycles. The Kier molecular flexibility index (Phi) is 21.6. The molecule has 362 valence electrons. The fourth-order valence-electron chi connectivity index (χ4n) is 7.30. The maximum atomic E-state index is 14.3. The van der Waals surface area contributed by atoms with Gasteiger partial charge in [-0.1, -0.05) is 56.3 Å². The Labute approximate surface area is 384 Å². The number of guanidine groups is 2. The van der Waals surface area contributed by atoms with Gasteiger partial charge in [-0.05, 0) is 81.0 Å². The highest BCUT2D eigenvalue weighted by Gasteiger charge is 2.38. The van der Waals surface area contributed by atoms with E-state index in [-0.39, 0.29) is 81.6 Å². The van der Waals surface area contributed by atoms with E-state index in [1.807, 2.05) is 13.8 Å². The van der Waals surface area contributed by atoms with Crippen LogP contribution in [0.4, 0.5) is 0 Å². The maximum absolute atomic E-state index is 14.3. The molecule has 0 aliphatic carbocycles. The molecule has 22 heteroatoms. The molecule has 1 fully saturated rings. The minimum Gasteiger partial charge on any atom is -0.508 e. The number of aliphatic carboxylic acids is 1. The van der Waals surface area contributed by atoms with E-state index in [2.05, 4.69) is 36.6 Å². The molecule has 2 aromatic carbocycles. The lowest BCUT2D eigenvalue weighted by molar-refractivity contribution is -0.142. The molecule has 1 saturated heterocycles. The minimum absolute atomic E-state index is 0.0220. The molecular formula is C44H67N13O9. The second-order valence-corrected chi connectivity index (χ2v) is 16.7. The first-order valence-electron chi connectivity index (χ1n) is 22.0. The molecule has 0 spiro atoms. The SMILES string of the molecule is CC(C)CC(NC(=O)C(CCCN=C(N)N)NC(=O)C1CCCN1C(=O)C(C)N)C(=O)NC(CCCN=C(N)N)C(=O)NC(Cc1ccccc1)C(=O)NC(Cc1ccc(O)cc1)C(=O)O. The van der Waals surface area contributed by atoms with Crippen molar-refractivity contribution in [2.45, 2.75) is 121 Å². The first-order chi connectivity index (χ1) is 31.2. The Morgan fingerprint density at radius 3 is 1.67 bits per heavy atom. The van der Waals surface area contributed by atoms with Crippen molar-refractivity contribution in [2.75, 3.05) is 19.6 Å². The molecule has 66 heavy (non-hydrogen) atoms. The van der Waals surface area contributed by atoms with Crippen LogP contribution in [0.25, 0.3) is 0 Å². The zero-order valence-electron chi connectivity index (χ0n) is 37.8. The van der Waals surface area contributed by atoms with Crippen LogP contribution in [0, 0.1) is 5.92 Å². The van der Waals surface area contributed by atoms with Gasteiger partial charge in [0.05, 0.1) is 6.04 Å². The largest absolute Gasteiger partial charge is 0.508 e. The van der Waals surface area contributed by atoms with Crippen LogP contribution in [0.15, 0.2) is 64.6 Å². The van der Waals surface area contributed by atoms with E-state index < -0.39 is 83.7 Å². The number of phenols is 1. The number of nitrogens with one attached hydrogen (secondary N) is 5. The monoisotopic (exact) mass is 922 g/mol. The molecule has 0 aromatic heterocycles. The Hall–Kier alpha value is -6.97. The molecule has 1 aliphatic rings. The number of aliphatic imine (C=N–C) groups is 2. The third-order valence-corrected chi connectivity index (χ3v) is 10.6. The number of benzene rings is 2.